The van der Waals surface area contributed by atoms with Gasteiger partial charge in [0.05, 0.1) is 5.56 Å². The normalized spacial score (nSPS) is 10.3. The number of para-hydroxylation sites is 1. The number of carbonyl (C=O) groups is 2. The van der Waals surface area contributed by atoms with E-state index in [1.165, 1.54) is 25.1 Å². The van der Waals surface area contributed by atoms with Gasteiger partial charge in [0, 0.05) is 18.3 Å². The zero-order chi connectivity index (χ0) is 16.8. The monoisotopic (exact) mass is 320 g/mol. The summed E-state index contributed by atoms with van der Waals surface area (Å²) in [7, 11) is 0. The fourth-order valence-electron chi connectivity index (χ4n) is 1.93. The molecule has 0 bridgehead atoms. The van der Waals surface area contributed by atoms with Gasteiger partial charge in [-0.05, 0) is 30.3 Å². The summed E-state index contributed by atoms with van der Waals surface area (Å²) in [6, 6.07) is 12.2. The Balaban J connectivity index is 2.18. The van der Waals surface area contributed by atoms with Crippen molar-refractivity contribution in [1.82, 2.24) is 0 Å². The third-order valence-electron chi connectivity index (χ3n) is 2.79. The van der Waals surface area contributed by atoms with Crippen LogP contribution in [0.3, 0.4) is 0 Å². The van der Waals surface area contributed by atoms with Gasteiger partial charge in [-0.15, -0.1) is 0 Å². The molecule has 2 aromatic carbocycles. The zero-order valence-corrected chi connectivity index (χ0v) is 12.2. The number of alkyl halides is 2. The van der Waals surface area contributed by atoms with E-state index in [9.17, 15) is 18.4 Å². The minimum Gasteiger partial charge on any atom is -0.434 e. The van der Waals surface area contributed by atoms with Crippen LogP contribution in [0.15, 0.2) is 48.5 Å². The van der Waals surface area contributed by atoms with Crippen LogP contribution in [0.5, 0.6) is 5.75 Å². The minimum absolute atomic E-state index is 0.0160. The van der Waals surface area contributed by atoms with Crippen molar-refractivity contribution in [2.75, 3.05) is 10.6 Å². The predicted molar refractivity (Wildman–Crippen MR) is 81.8 cm³/mol. The van der Waals surface area contributed by atoms with Gasteiger partial charge < -0.3 is 15.4 Å². The number of ether oxygens (including phenoxy) is 1. The van der Waals surface area contributed by atoms with Crippen molar-refractivity contribution >= 4 is 23.2 Å². The molecule has 0 spiro atoms. The number of anilines is 2. The molecular weight excluding hydrogens is 306 g/mol. The first-order chi connectivity index (χ1) is 11.0. The van der Waals surface area contributed by atoms with Gasteiger partial charge in [-0.2, -0.15) is 8.78 Å². The lowest BCUT2D eigenvalue weighted by Crippen LogP contribution is -2.15. The van der Waals surface area contributed by atoms with Crippen molar-refractivity contribution < 1.29 is 23.1 Å². The lowest BCUT2D eigenvalue weighted by molar-refractivity contribution is -0.114. The van der Waals surface area contributed by atoms with Crippen molar-refractivity contribution in [2.24, 2.45) is 0 Å². The van der Waals surface area contributed by atoms with E-state index >= 15 is 0 Å². The van der Waals surface area contributed by atoms with Crippen LogP contribution in [0.4, 0.5) is 20.2 Å². The summed E-state index contributed by atoms with van der Waals surface area (Å²) in [5.41, 5.74) is 0.901. The van der Waals surface area contributed by atoms with E-state index in [0.717, 1.165) is 0 Å². The van der Waals surface area contributed by atoms with E-state index in [0.29, 0.717) is 11.4 Å². The van der Waals surface area contributed by atoms with Gasteiger partial charge in [0.1, 0.15) is 5.75 Å². The Morgan fingerprint density at radius 1 is 1.00 bits per heavy atom. The highest BCUT2D eigenvalue weighted by atomic mass is 19.3. The average molecular weight is 320 g/mol. The number of benzene rings is 2. The zero-order valence-electron chi connectivity index (χ0n) is 12.2. The molecule has 2 rings (SSSR count). The molecule has 5 nitrogen and oxygen atoms in total. The summed E-state index contributed by atoms with van der Waals surface area (Å²) in [6.07, 6.45) is 0. The van der Waals surface area contributed by atoms with Crippen molar-refractivity contribution in [3.05, 3.63) is 54.1 Å². The van der Waals surface area contributed by atoms with Crippen LogP contribution in [0.1, 0.15) is 17.3 Å². The molecule has 0 saturated heterocycles. The molecule has 0 atom stereocenters. The van der Waals surface area contributed by atoms with Crippen molar-refractivity contribution in [2.45, 2.75) is 13.5 Å². The molecule has 2 aromatic rings. The Kier molecular flexibility index (Phi) is 5.24. The molecule has 2 N–H and O–H groups in total. The van der Waals surface area contributed by atoms with Crippen molar-refractivity contribution in [3.8, 4) is 5.75 Å². The smallest absolute Gasteiger partial charge is 0.387 e. The quantitative estimate of drug-likeness (QED) is 0.886. The number of carbonyl (C=O) groups excluding carboxylic acids is 2. The SMILES string of the molecule is CC(=O)Nc1cccc(NC(=O)c2ccccc2OC(F)F)c1. The fraction of sp³-hybridized carbons (Fsp3) is 0.125. The predicted octanol–water partition coefficient (Wildman–Crippen LogP) is 3.50. The second kappa shape index (κ2) is 7.35. The van der Waals surface area contributed by atoms with Gasteiger partial charge in [-0.25, -0.2) is 0 Å². The molecule has 0 aliphatic rings. The summed E-state index contributed by atoms with van der Waals surface area (Å²) >= 11 is 0. The molecule has 23 heavy (non-hydrogen) atoms. The van der Waals surface area contributed by atoms with E-state index in [1.54, 1.807) is 30.3 Å². The maximum atomic E-state index is 12.4. The summed E-state index contributed by atoms with van der Waals surface area (Å²) in [5, 5.41) is 5.15. The molecule has 0 aromatic heterocycles. The summed E-state index contributed by atoms with van der Waals surface area (Å²) in [4.78, 5) is 23.3. The standard InChI is InChI=1S/C16H14F2N2O3/c1-10(21)19-11-5-4-6-12(9-11)20-15(22)13-7-2-3-8-14(13)23-16(17)18/h2-9,16H,1H3,(H,19,21)(H,20,22). The van der Waals surface area contributed by atoms with Crippen molar-refractivity contribution in [1.29, 1.82) is 0 Å². The maximum Gasteiger partial charge on any atom is 0.387 e. The molecule has 2 amide bonds. The Morgan fingerprint density at radius 2 is 1.65 bits per heavy atom. The largest absolute Gasteiger partial charge is 0.434 e. The Hall–Kier alpha value is -2.96. The Bertz CT molecular complexity index is 720. The number of amides is 2. The first kappa shape index (κ1) is 16.4. The third kappa shape index (κ3) is 4.77. The summed E-state index contributed by atoms with van der Waals surface area (Å²) in [6.45, 7) is -1.66. The number of hydrogen-bond donors (Lipinski definition) is 2. The highest BCUT2D eigenvalue weighted by Crippen LogP contribution is 2.22. The first-order valence-electron chi connectivity index (χ1n) is 6.68. The lowest BCUT2D eigenvalue weighted by Gasteiger charge is -2.11. The molecule has 0 radical (unpaired) electrons. The summed E-state index contributed by atoms with van der Waals surface area (Å²) in [5.74, 6) is -1.05. The van der Waals surface area contributed by atoms with E-state index in [1.807, 2.05) is 0 Å². The molecule has 0 aliphatic carbocycles. The van der Waals surface area contributed by atoms with Gasteiger partial charge >= 0.3 is 6.61 Å². The second-order valence-corrected chi connectivity index (χ2v) is 4.59. The molecular formula is C16H14F2N2O3. The highest BCUT2D eigenvalue weighted by molar-refractivity contribution is 6.06. The van der Waals surface area contributed by atoms with Crippen LogP contribution in [0.2, 0.25) is 0 Å². The van der Waals surface area contributed by atoms with Crippen molar-refractivity contribution in [3.63, 3.8) is 0 Å². The molecule has 0 unspecified atom stereocenters. The highest BCUT2D eigenvalue weighted by Gasteiger charge is 2.15. The molecule has 0 aliphatic heterocycles. The minimum atomic E-state index is -3.02. The van der Waals surface area contributed by atoms with Gasteiger partial charge in [-0.3, -0.25) is 9.59 Å². The average Bonchev–Trinajstić information content (AvgIpc) is 2.46. The Labute approximate surface area is 131 Å². The van der Waals surface area contributed by atoms with Crippen LogP contribution in [0, 0.1) is 0 Å². The van der Waals surface area contributed by atoms with Gasteiger partial charge in [0.2, 0.25) is 5.91 Å². The second-order valence-electron chi connectivity index (χ2n) is 4.59. The number of nitrogens with one attached hydrogen (secondary N) is 2. The number of rotatable bonds is 5. The lowest BCUT2D eigenvalue weighted by atomic mass is 10.2. The van der Waals surface area contributed by atoms with Crippen LogP contribution < -0.4 is 15.4 Å². The van der Waals surface area contributed by atoms with Gasteiger partial charge in [0.25, 0.3) is 5.91 Å². The van der Waals surface area contributed by atoms with E-state index in [-0.39, 0.29) is 17.2 Å². The van der Waals surface area contributed by atoms with E-state index < -0.39 is 12.5 Å². The molecule has 0 saturated carbocycles. The summed E-state index contributed by atoms with van der Waals surface area (Å²) < 4.78 is 29.1. The molecule has 0 fully saturated rings. The molecule has 120 valence electrons. The Morgan fingerprint density at radius 3 is 2.30 bits per heavy atom. The molecule has 7 heteroatoms. The molecule has 0 heterocycles. The number of halogens is 2. The van der Waals surface area contributed by atoms with Crippen LogP contribution >= 0.6 is 0 Å². The fourth-order valence-corrected chi connectivity index (χ4v) is 1.93. The van der Waals surface area contributed by atoms with Crippen LogP contribution in [-0.4, -0.2) is 18.4 Å². The van der Waals surface area contributed by atoms with Gasteiger partial charge in [-0.1, -0.05) is 18.2 Å². The van der Waals surface area contributed by atoms with Crippen LogP contribution in [-0.2, 0) is 4.79 Å². The third-order valence-corrected chi connectivity index (χ3v) is 2.79. The first-order valence-corrected chi connectivity index (χ1v) is 6.68. The topological polar surface area (TPSA) is 67.4 Å². The van der Waals surface area contributed by atoms with E-state index in [2.05, 4.69) is 15.4 Å². The van der Waals surface area contributed by atoms with E-state index in [4.69, 9.17) is 0 Å². The van der Waals surface area contributed by atoms with Gasteiger partial charge in [0.15, 0.2) is 0 Å². The number of hydrogen-bond acceptors (Lipinski definition) is 3. The maximum absolute atomic E-state index is 12.4. The van der Waals surface area contributed by atoms with Crippen LogP contribution in [0.25, 0.3) is 0 Å².